The molecule has 1 aliphatic rings. The third-order valence-electron chi connectivity index (χ3n) is 3.49. The van der Waals surface area contributed by atoms with E-state index >= 15 is 0 Å². The maximum atomic E-state index is 13.2. The summed E-state index contributed by atoms with van der Waals surface area (Å²) in [5, 5.41) is 8.03. The molecule has 0 unspecified atom stereocenters. The number of piperazine rings is 1. The normalized spacial score (nSPS) is 17.5. The summed E-state index contributed by atoms with van der Waals surface area (Å²) in [6.45, 7) is 4.73. The zero-order valence-corrected chi connectivity index (χ0v) is 11.4. The number of benzene rings is 1. The van der Waals surface area contributed by atoms with Crippen molar-refractivity contribution < 1.29 is 8.81 Å². The second-order valence-electron chi connectivity index (χ2n) is 5.09. The smallest absolute Gasteiger partial charge is 0.247 e. The van der Waals surface area contributed by atoms with Crippen LogP contribution in [0.5, 0.6) is 0 Å². The van der Waals surface area contributed by atoms with Crippen molar-refractivity contribution in [2.45, 2.75) is 6.54 Å². The van der Waals surface area contributed by atoms with Gasteiger partial charge in [0.2, 0.25) is 11.8 Å². The summed E-state index contributed by atoms with van der Waals surface area (Å²) in [5.74, 6) is 0.642. The fraction of sp³-hybridized carbons (Fsp3) is 0.429. The monoisotopic (exact) mass is 276 g/mol. The van der Waals surface area contributed by atoms with Gasteiger partial charge in [-0.15, -0.1) is 10.2 Å². The minimum atomic E-state index is -0.304. The van der Waals surface area contributed by atoms with Crippen LogP contribution in [0.2, 0.25) is 0 Å². The predicted molar refractivity (Wildman–Crippen MR) is 72.5 cm³/mol. The van der Waals surface area contributed by atoms with E-state index in [2.05, 4.69) is 27.0 Å². The third kappa shape index (κ3) is 3.02. The van der Waals surface area contributed by atoms with Crippen molar-refractivity contribution in [2.24, 2.45) is 0 Å². The highest BCUT2D eigenvalue weighted by atomic mass is 19.1. The van der Waals surface area contributed by atoms with Gasteiger partial charge in [0.25, 0.3) is 0 Å². The standard InChI is InChI=1S/C14H17FN4O/c1-18-5-7-19(8-6-18)10-13-16-17-14(20-13)11-3-2-4-12(15)9-11/h2-4,9H,5-8,10H2,1H3. The summed E-state index contributed by atoms with van der Waals surface area (Å²) in [7, 11) is 2.12. The Hall–Kier alpha value is -1.79. The Morgan fingerprint density at radius 1 is 1.20 bits per heavy atom. The molecule has 1 aromatic heterocycles. The summed E-state index contributed by atoms with van der Waals surface area (Å²) < 4.78 is 18.8. The van der Waals surface area contributed by atoms with Crippen LogP contribution < -0.4 is 0 Å². The molecule has 1 aliphatic heterocycles. The van der Waals surface area contributed by atoms with E-state index in [4.69, 9.17) is 4.42 Å². The van der Waals surface area contributed by atoms with Gasteiger partial charge in [0.15, 0.2) is 0 Å². The maximum absolute atomic E-state index is 13.2. The molecular weight excluding hydrogens is 259 g/mol. The molecule has 1 saturated heterocycles. The lowest BCUT2D eigenvalue weighted by atomic mass is 10.2. The highest BCUT2D eigenvalue weighted by molar-refractivity contribution is 5.52. The maximum Gasteiger partial charge on any atom is 0.247 e. The van der Waals surface area contributed by atoms with Crippen molar-refractivity contribution in [1.82, 2.24) is 20.0 Å². The van der Waals surface area contributed by atoms with Crippen LogP contribution in [-0.4, -0.2) is 53.2 Å². The van der Waals surface area contributed by atoms with Gasteiger partial charge < -0.3 is 9.32 Å². The van der Waals surface area contributed by atoms with E-state index in [0.29, 0.717) is 23.9 Å². The first-order chi connectivity index (χ1) is 9.70. The summed E-state index contributed by atoms with van der Waals surface area (Å²) >= 11 is 0. The lowest BCUT2D eigenvalue weighted by molar-refractivity contribution is 0.138. The SMILES string of the molecule is CN1CCN(Cc2nnc(-c3cccc(F)c3)o2)CC1. The number of likely N-dealkylation sites (N-methyl/N-ethyl adjacent to an activating group) is 1. The van der Waals surface area contributed by atoms with Crippen molar-refractivity contribution in [3.8, 4) is 11.5 Å². The molecular formula is C14H17FN4O. The van der Waals surface area contributed by atoms with Gasteiger partial charge in [-0.3, -0.25) is 4.90 Å². The van der Waals surface area contributed by atoms with Crippen molar-refractivity contribution >= 4 is 0 Å². The Kier molecular flexibility index (Phi) is 3.75. The van der Waals surface area contributed by atoms with Gasteiger partial charge in [-0.25, -0.2) is 4.39 Å². The molecule has 1 fully saturated rings. The second-order valence-corrected chi connectivity index (χ2v) is 5.09. The second kappa shape index (κ2) is 5.68. The Labute approximate surface area is 117 Å². The topological polar surface area (TPSA) is 45.4 Å². The van der Waals surface area contributed by atoms with E-state index in [9.17, 15) is 4.39 Å². The summed E-state index contributed by atoms with van der Waals surface area (Å²) in [6, 6.07) is 6.18. The van der Waals surface area contributed by atoms with E-state index in [1.807, 2.05) is 0 Å². The fourth-order valence-corrected chi connectivity index (χ4v) is 2.25. The Balaban J connectivity index is 1.68. The van der Waals surface area contributed by atoms with E-state index in [0.717, 1.165) is 26.2 Å². The first-order valence-corrected chi connectivity index (χ1v) is 6.70. The van der Waals surface area contributed by atoms with Crippen LogP contribution in [0.4, 0.5) is 4.39 Å². The molecule has 0 spiro atoms. The van der Waals surface area contributed by atoms with Crippen LogP contribution >= 0.6 is 0 Å². The van der Waals surface area contributed by atoms with E-state index in [-0.39, 0.29) is 5.82 Å². The first-order valence-electron chi connectivity index (χ1n) is 6.70. The Morgan fingerprint density at radius 3 is 2.75 bits per heavy atom. The predicted octanol–water partition coefficient (Wildman–Crippen LogP) is 1.62. The van der Waals surface area contributed by atoms with Gasteiger partial charge >= 0.3 is 0 Å². The largest absolute Gasteiger partial charge is 0.419 e. The third-order valence-corrected chi connectivity index (χ3v) is 3.49. The van der Waals surface area contributed by atoms with Gasteiger partial charge in [0.1, 0.15) is 5.82 Å². The van der Waals surface area contributed by atoms with Crippen LogP contribution in [0, 0.1) is 5.82 Å². The van der Waals surface area contributed by atoms with Crippen LogP contribution in [0.25, 0.3) is 11.5 Å². The fourth-order valence-electron chi connectivity index (χ4n) is 2.25. The number of rotatable bonds is 3. The zero-order chi connectivity index (χ0) is 13.9. The van der Waals surface area contributed by atoms with Crippen molar-refractivity contribution in [2.75, 3.05) is 33.2 Å². The van der Waals surface area contributed by atoms with Crippen LogP contribution in [0.15, 0.2) is 28.7 Å². The minimum absolute atomic E-state index is 0.304. The van der Waals surface area contributed by atoms with Gasteiger partial charge in [-0.2, -0.15) is 0 Å². The average Bonchev–Trinajstić information content (AvgIpc) is 2.90. The number of hydrogen-bond acceptors (Lipinski definition) is 5. The molecule has 2 heterocycles. The molecule has 106 valence electrons. The van der Waals surface area contributed by atoms with Crippen molar-refractivity contribution in [3.05, 3.63) is 36.0 Å². The molecule has 0 bridgehead atoms. The van der Waals surface area contributed by atoms with Gasteiger partial charge in [0, 0.05) is 31.7 Å². The highest BCUT2D eigenvalue weighted by Gasteiger charge is 2.17. The van der Waals surface area contributed by atoms with Crippen molar-refractivity contribution in [1.29, 1.82) is 0 Å². The van der Waals surface area contributed by atoms with Crippen LogP contribution in [0.3, 0.4) is 0 Å². The van der Waals surface area contributed by atoms with Gasteiger partial charge in [0.05, 0.1) is 6.54 Å². The number of nitrogens with zero attached hydrogens (tertiary/aromatic N) is 4. The number of halogens is 1. The number of hydrogen-bond donors (Lipinski definition) is 0. The van der Waals surface area contributed by atoms with E-state index in [1.54, 1.807) is 12.1 Å². The minimum Gasteiger partial charge on any atom is -0.419 e. The zero-order valence-electron chi connectivity index (χ0n) is 11.4. The molecule has 20 heavy (non-hydrogen) atoms. The quantitative estimate of drug-likeness (QED) is 0.852. The Morgan fingerprint density at radius 2 is 2.00 bits per heavy atom. The number of aromatic nitrogens is 2. The molecule has 0 saturated carbocycles. The van der Waals surface area contributed by atoms with Crippen LogP contribution in [-0.2, 0) is 6.54 Å². The summed E-state index contributed by atoms with van der Waals surface area (Å²) in [5.41, 5.74) is 0.613. The molecule has 2 aromatic rings. The molecule has 0 N–H and O–H groups in total. The lowest BCUT2D eigenvalue weighted by Crippen LogP contribution is -2.43. The summed E-state index contributed by atoms with van der Waals surface area (Å²) in [6.07, 6.45) is 0. The molecule has 3 rings (SSSR count). The van der Waals surface area contributed by atoms with Crippen LogP contribution in [0.1, 0.15) is 5.89 Å². The van der Waals surface area contributed by atoms with E-state index < -0.39 is 0 Å². The molecule has 1 aromatic carbocycles. The molecule has 0 radical (unpaired) electrons. The molecule has 5 nitrogen and oxygen atoms in total. The highest BCUT2D eigenvalue weighted by Crippen LogP contribution is 2.19. The average molecular weight is 276 g/mol. The molecule has 0 aliphatic carbocycles. The Bertz CT molecular complexity index is 578. The molecule has 0 atom stereocenters. The van der Waals surface area contributed by atoms with Gasteiger partial charge in [-0.1, -0.05) is 6.07 Å². The van der Waals surface area contributed by atoms with Crippen molar-refractivity contribution in [3.63, 3.8) is 0 Å². The van der Waals surface area contributed by atoms with E-state index in [1.165, 1.54) is 12.1 Å². The molecule has 0 amide bonds. The first kappa shape index (κ1) is 13.2. The summed E-state index contributed by atoms with van der Waals surface area (Å²) in [4.78, 5) is 4.57. The molecule has 6 heteroatoms. The lowest BCUT2D eigenvalue weighted by Gasteiger charge is -2.31. The van der Waals surface area contributed by atoms with Gasteiger partial charge in [-0.05, 0) is 25.2 Å².